The third-order valence-corrected chi connectivity index (χ3v) is 5.36. The molecule has 1 N–H and O–H groups in total. The summed E-state index contributed by atoms with van der Waals surface area (Å²) >= 11 is 3.37. The van der Waals surface area contributed by atoms with Gasteiger partial charge < -0.3 is 5.32 Å². The molecule has 2 nitrogen and oxygen atoms in total. The van der Waals surface area contributed by atoms with Gasteiger partial charge in [-0.1, -0.05) is 26.0 Å². The second kappa shape index (κ2) is 9.74. The molecule has 0 radical (unpaired) electrons. The zero-order chi connectivity index (χ0) is 17.4. The van der Waals surface area contributed by atoms with Gasteiger partial charge in [0.25, 0.3) is 5.91 Å². The number of hydrogen-bond donors (Lipinski definition) is 1. The van der Waals surface area contributed by atoms with E-state index in [2.05, 4.69) is 19.2 Å². The monoisotopic (exact) mass is 363 g/mol. The maximum absolute atomic E-state index is 12.8. The summed E-state index contributed by atoms with van der Waals surface area (Å²) in [5.41, 5.74) is 0.738. The zero-order valence-corrected chi connectivity index (χ0v) is 15.6. The average molecular weight is 364 g/mol. The van der Waals surface area contributed by atoms with Crippen LogP contribution in [0.1, 0.15) is 30.6 Å². The SMILES string of the molecule is CC(C)Sc1ccccc1C(=O)NCCCSc1ccc(F)cc1. The predicted molar refractivity (Wildman–Crippen MR) is 102 cm³/mol. The van der Waals surface area contributed by atoms with Crippen LogP contribution in [-0.2, 0) is 0 Å². The summed E-state index contributed by atoms with van der Waals surface area (Å²) in [5, 5.41) is 3.42. The molecule has 2 rings (SSSR count). The van der Waals surface area contributed by atoms with Gasteiger partial charge in [-0.15, -0.1) is 23.5 Å². The van der Waals surface area contributed by atoms with Crippen molar-refractivity contribution in [2.24, 2.45) is 0 Å². The number of amides is 1. The smallest absolute Gasteiger partial charge is 0.252 e. The molecule has 0 bridgehead atoms. The van der Waals surface area contributed by atoms with E-state index in [1.54, 1.807) is 35.7 Å². The minimum Gasteiger partial charge on any atom is -0.352 e. The van der Waals surface area contributed by atoms with Gasteiger partial charge in [-0.25, -0.2) is 4.39 Å². The van der Waals surface area contributed by atoms with Crippen molar-refractivity contribution in [1.82, 2.24) is 5.32 Å². The van der Waals surface area contributed by atoms with Gasteiger partial charge >= 0.3 is 0 Å². The Hall–Kier alpha value is -1.46. The number of thioether (sulfide) groups is 2. The van der Waals surface area contributed by atoms with Gasteiger partial charge in [-0.2, -0.15) is 0 Å². The van der Waals surface area contributed by atoms with Crippen LogP contribution in [0, 0.1) is 5.82 Å². The Morgan fingerprint density at radius 1 is 1.12 bits per heavy atom. The molecule has 0 atom stereocenters. The highest BCUT2D eigenvalue weighted by Crippen LogP contribution is 2.26. The van der Waals surface area contributed by atoms with E-state index in [0.717, 1.165) is 27.5 Å². The molecule has 0 heterocycles. The van der Waals surface area contributed by atoms with E-state index in [4.69, 9.17) is 0 Å². The zero-order valence-electron chi connectivity index (χ0n) is 13.9. The molecule has 1 amide bonds. The van der Waals surface area contributed by atoms with Crippen molar-refractivity contribution in [2.75, 3.05) is 12.3 Å². The summed E-state index contributed by atoms with van der Waals surface area (Å²) in [6.45, 7) is 4.87. The van der Waals surface area contributed by atoms with E-state index in [1.807, 2.05) is 24.3 Å². The van der Waals surface area contributed by atoms with Crippen LogP contribution in [0.4, 0.5) is 4.39 Å². The molecular formula is C19H22FNOS2. The summed E-state index contributed by atoms with van der Waals surface area (Å²) in [4.78, 5) is 14.4. The van der Waals surface area contributed by atoms with Crippen LogP contribution >= 0.6 is 23.5 Å². The van der Waals surface area contributed by atoms with E-state index in [-0.39, 0.29) is 11.7 Å². The minimum absolute atomic E-state index is 0.0227. The number of benzene rings is 2. The normalized spacial score (nSPS) is 10.8. The Balaban J connectivity index is 1.76. The topological polar surface area (TPSA) is 29.1 Å². The molecule has 0 saturated heterocycles. The van der Waals surface area contributed by atoms with Gasteiger partial charge in [0.05, 0.1) is 5.56 Å². The first kappa shape index (κ1) is 18.9. The van der Waals surface area contributed by atoms with Gasteiger partial charge in [0.1, 0.15) is 5.82 Å². The average Bonchev–Trinajstić information content (AvgIpc) is 2.56. The molecule has 0 aliphatic heterocycles. The number of carbonyl (C=O) groups is 1. The van der Waals surface area contributed by atoms with Crippen LogP contribution in [0.2, 0.25) is 0 Å². The molecule has 24 heavy (non-hydrogen) atoms. The van der Waals surface area contributed by atoms with Crippen molar-refractivity contribution in [1.29, 1.82) is 0 Å². The molecule has 0 aromatic heterocycles. The lowest BCUT2D eigenvalue weighted by Crippen LogP contribution is -2.25. The summed E-state index contributed by atoms with van der Waals surface area (Å²) in [7, 11) is 0. The lowest BCUT2D eigenvalue weighted by molar-refractivity contribution is 0.0951. The highest BCUT2D eigenvalue weighted by atomic mass is 32.2. The Morgan fingerprint density at radius 2 is 1.83 bits per heavy atom. The lowest BCUT2D eigenvalue weighted by atomic mass is 10.2. The van der Waals surface area contributed by atoms with Crippen molar-refractivity contribution in [3.05, 3.63) is 59.9 Å². The van der Waals surface area contributed by atoms with Crippen LogP contribution in [0.5, 0.6) is 0 Å². The molecule has 0 saturated carbocycles. The summed E-state index contributed by atoms with van der Waals surface area (Å²) in [5.74, 6) is 0.643. The molecule has 0 unspecified atom stereocenters. The second-order valence-electron chi connectivity index (χ2n) is 5.57. The van der Waals surface area contributed by atoms with Crippen LogP contribution in [0.3, 0.4) is 0 Å². The molecule has 128 valence electrons. The van der Waals surface area contributed by atoms with E-state index >= 15 is 0 Å². The van der Waals surface area contributed by atoms with Crippen LogP contribution < -0.4 is 5.32 Å². The fraction of sp³-hybridized carbons (Fsp3) is 0.316. The van der Waals surface area contributed by atoms with E-state index in [0.29, 0.717) is 11.8 Å². The van der Waals surface area contributed by atoms with Crippen molar-refractivity contribution in [2.45, 2.75) is 35.3 Å². The number of rotatable bonds is 8. The lowest BCUT2D eigenvalue weighted by Gasteiger charge is -2.11. The van der Waals surface area contributed by atoms with Crippen molar-refractivity contribution >= 4 is 29.4 Å². The highest BCUT2D eigenvalue weighted by molar-refractivity contribution is 8.00. The van der Waals surface area contributed by atoms with E-state index < -0.39 is 0 Å². The first-order valence-corrected chi connectivity index (χ1v) is 9.85. The van der Waals surface area contributed by atoms with E-state index in [9.17, 15) is 9.18 Å². The van der Waals surface area contributed by atoms with Crippen LogP contribution in [-0.4, -0.2) is 23.5 Å². The number of nitrogens with one attached hydrogen (secondary N) is 1. The first-order chi connectivity index (χ1) is 11.6. The highest BCUT2D eigenvalue weighted by Gasteiger charge is 2.11. The maximum atomic E-state index is 12.8. The third kappa shape index (κ3) is 6.21. The summed E-state index contributed by atoms with van der Waals surface area (Å²) in [6.07, 6.45) is 0.868. The second-order valence-corrected chi connectivity index (χ2v) is 8.36. The van der Waals surface area contributed by atoms with Gasteiger partial charge in [0, 0.05) is 21.6 Å². The predicted octanol–water partition coefficient (Wildman–Crippen LogP) is 5.24. The Bertz CT molecular complexity index is 659. The van der Waals surface area contributed by atoms with Crippen LogP contribution in [0.15, 0.2) is 58.3 Å². The van der Waals surface area contributed by atoms with Crippen molar-refractivity contribution < 1.29 is 9.18 Å². The number of halogens is 1. The number of hydrogen-bond acceptors (Lipinski definition) is 3. The Kier molecular flexibility index (Phi) is 7.66. The molecule has 0 spiro atoms. The number of carbonyl (C=O) groups excluding carboxylic acids is 1. The minimum atomic E-state index is -0.218. The molecule has 2 aromatic carbocycles. The Morgan fingerprint density at radius 3 is 2.54 bits per heavy atom. The quantitative estimate of drug-likeness (QED) is 0.514. The standard InChI is InChI=1S/C19H22FNOS2/c1-14(2)24-18-7-4-3-6-17(18)19(22)21-12-5-13-23-16-10-8-15(20)9-11-16/h3-4,6-11,14H,5,12-13H2,1-2H3,(H,21,22). The largest absolute Gasteiger partial charge is 0.352 e. The Labute approximate surface area is 151 Å². The fourth-order valence-corrected chi connectivity index (χ4v) is 3.91. The van der Waals surface area contributed by atoms with Gasteiger partial charge in [-0.3, -0.25) is 4.79 Å². The fourth-order valence-electron chi connectivity index (χ4n) is 2.10. The maximum Gasteiger partial charge on any atom is 0.252 e. The van der Waals surface area contributed by atoms with Gasteiger partial charge in [0.15, 0.2) is 0 Å². The van der Waals surface area contributed by atoms with Crippen molar-refractivity contribution in [3.63, 3.8) is 0 Å². The molecule has 2 aromatic rings. The molecule has 0 fully saturated rings. The molecule has 0 aliphatic rings. The molecule has 5 heteroatoms. The summed E-state index contributed by atoms with van der Waals surface area (Å²) < 4.78 is 12.8. The molecular weight excluding hydrogens is 341 g/mol. The van der Waals surface area contributed by atoms with Gasteiger partial charge in [0.2, 0.25) is 0 Å². The van der Waals surface area contributed by atoms with Gasteiger partial charge in [-0.05, 0) is 48.6 Å². The third-order valence-electron chi connectivity index (χ3n) is 3.18. The van der Waals surface area contributed by atoms with E-state index in [1.165, 1.54) is 12.1 Å². The van der Waals surface area contributed by atoms with Crippen LogP contribution in [0.25, 0.3) is 0 Å². The summed E-state index contributed by atoms with van der Waals surface area (Å²) in [6, 6.07) is 14.2. The molecule has 0 aliphatic carbocycles. The van der Waals surface area contributed by atoms with Crippen molar-refractivity contribution in [3.8, 4) is 0 Å². The first-order valence-electron chi connectivity index (χ1n) is 7.98.